The fourth-order valence-corrected chi connectivity index (χ4v) is 4.78. The Morgan fingerprint density at radius 3 is 2.24 bits per heavy atom. The predicted molar refractivity (Wildman–Crippen MR) is 153 cm³/mol. The minimum absolute atomic E-state index is 0.377. The lowest BCUT2D eigenvalue weighted by molar-refractivity contribution is 0.0735. The van der Waals surface area contributed by atoms with Crippen molar-refractivity contribution in [1.29, 1.82) is 0 Å². The average molecular weight is 502 g/mol. The predicted octanol–water partition coefficient (Wildman–Crippen LogP) is 8.24. The molecule has 1 aromatic heterocycles. The standard InChI is InChI=1S/C34H31NO3/c1-21-11-12-23(3)30(19-21)38-34(36)31-25(5)33(35-32-24(4)17-22(2)18-29(31)32)27-13-15-28(16-14-27)37-20-26-9-7-6-8-10-26/h6-19H,20H2,1-5H3. The Balaban J connectivity index is 1.55. The van der Waals surface area contributed by atoms with Crippen molar-refractivity contribution in [2.45, 2.75) is 41.2 Å². The lowest BCUT2D eigenvalue weighted by Crippen LogP contribution is -2.14. The topological polar surface area (TPSA) is 48.4 Å². The van der Waals surface area contributed by atoms with Crippen LogP contribution in [0.4, 0.5) is 0 Å². The van der Waals surface area contributed by atoms with Crippen molar-refractivity contribution in [3.05, 3.63) is 124 Å². The number of aromatic nitrogens is 1. The van der Waals surface area contributed by atoms with Gasteiger partial charge in [0, 0.05) is 10.9 Å². The minimum atomic E-state index is -0.377. The van der Waals surface area contributed by atoms with Crippen LogP contribution in [-0.2, 0) is 6.61 Å². The van der Waals surface area contributed by atoms with Crippen LogP contribution in [0.2, 0.25) is 0 Å². The van der Waals surface area contributed by atoms with E-state index in [0.717, 1.165) is 61.3 Å². The van der Waals surface area contributed by atoms with Crippen LogP contribution < -0.4 is 9.47 Å². The summed E-state index contributed by atoms with van der Waals surface area (Å²) in [7, 11) is 0. The number of rotatable bonds is 6. The van der Waals surface area contributed by atoms with Gasteiger partial charge in [0.05, 0.1) is 16.8 Å². The van der Waals surface area contributed by atoms with Crippen LogP contribution in [0.5, 0.6) is 11.5 Å². The third kappa shape index (κ3) is 5.16. The summed E-state index contributed by atoms with van der Waals surface area (Å²) >= 11 is 0. The van der Waals surface area contributed by atoms with Gasteiger partial charge in [-0.05, 0) is 98.8 Å². The van der Waals surface area contributed by atoms with Crippen LogP contribution in [0.3, 0.4) is 0 Å². The van der Waals surface area contributed by atoms with E-state index in [1.807, 2.05) is 113 Å². The fraction of sp³-hybridized carbons (Fsp3) is 0.176. The number of ether oxygens (including phenoxy) is 2. The molecule has 0 atom stereocenters. The normalized spacial score (nSPS) is 11.0. The second-order valence-corrected chi connectivity index (χ2v) is 9.90. The number of carbonyl (C=O) groups excluding carboxylic acids is 1. The summed E-state index contributed by atoms with van der Waals surface area (Å²) in [6.07, 6.45) is 0. The summed E-state index contributed by atoms with van der Waals surface area (Å²) in [5.41, 5.74) is 8.96. The summed E-state index contributed by atoms with van der Waals surface area (Å²) in [6.45, 7) is 10.4. The van der Waals surface area contributed by atoms with E-state index in [4.69, 9.17) is 14.5 Å². The van der Waals surface area contributed by atoms with Crippen molar-refractivity contribution in [1.82, 2.24) is 4.98 Å². The maximum Gasteiger partial charge on any atom is 0.344 e. The Morgan fingerprint density at radius 2 is 1.50 bits per heavy atom. The largest absolute Gasteiger partial charge is 0.489 e. The molecule has 0 saturated carbocycles. The molecule has 0 bridgehead atoms. The van der Waals surface area contributed by atoms with E-state index in [1.165, 1.54) is 0 Å². The smallest absolute Gasteiger partial charge is 0.344 e. The Morgan fingerprint density at radius 1 is 0.763 bits per heavy atom. The van der Waals surface area contributed by atoms with E-state index in [0.29, 0.717) is 17.9 Å². The zero-order valence-electron chi connectivity index (χ0n) is 22.5. The lowest BCUT2D eigenvalue weighted by Gasteiger charge is -2.17. The highest BCUT2D eigenvalue weighted by atomic mass is 16.5. The summed E-state index contributed by atoms with van der Waals surface area (Å²) in [5, 5.41) is 0.807. The van der Waals surface area contributed by atoms with Gasteiger partial charge in [0.15, 0.2) is 0 Å². The maximum atomic E-state index is 13.7. The molecule has 4 heteroatoms. The summed E-state index contributed by atoms with van der Waals surface area (Å²) < 4.78 is 11.9. The number of esters is 1. The molecule has 4 aromatic carbocycles. The van der Waals surface area contributed by atoms with Crippen LogP contribution in [-0.4, -0.2) is 11.0 Å². The zero-order chi connectivity index (χ0) is 26.8. The van der Waals surface area contributed by atoms with E-state index >= 15 is 0 Å². The van der Waals surface area contributed by atoms with Crippen molar-refractivity contribution < 1.29 is 14.3 Å². The SMILES string of the molecule is Cc1ccc(C)c(OC(=O)c2c(C)c(-c3ccc(OCc4ccccc4)cc3)nc3c(C)cc(C)cc23)c1. The molecule has 0 saturated heterocycles. The van der Waals surface area contributed by atoms with Gasteiger partial charge < -0.3 is 9.47 Å². The third-order valence-electron chi connectivity index (χ3n) is 6.79. The van der Waals surface area contributed by atoms with E-state index in [9.17, 15) is 4.79 Å². The molecule has 0 N–H and O–H groups in total. The quantitative estimate of drug-likeness (QED) is 0.174. The molecule has 0 aliphatic rings. The molecule has 0 aliphatic heterocycles. The molecule has 0 amide bonds. The highest BCUT2D eigenvalue weighted by Gasteiger charge is 2.22. The maximum absolute atomic E-state index is 13.7. The fourth-order valence-electron chi connectivity index (χ4n) is 4.78. The second kappa shape index (κ2) is 10.5. The first-order valence-electron chi connectivity index (χ1n) is 12.8. The van der Waals surface area contributed by atoms with Gasteiger partial charge >= 0.3 is 5.97 Å². The van der Waals surface area contributed by atoms with Gasteiger partial charge in [-0.3, -0.25) is 0 Å². The van der Waals surface area contributed by atoms with Gasteiger partial charge in [0.1, 0.15) is 18.1 Å². The van der Waals surface area contributed by atoms with Gasteiger partial charge in [-0.25, -0.2) is 9.78 Å². The molecule has 190 valence electrons. The number of carbonyl (C=O) groups is 1. The first-order chi connectivity index (χ1) is 18.3. The van der Waals surface area contributed by atoms with Gasteiger partial charge in [0.25, 0.3) is 0 Å². The number of fused-ring (bicyclic) bond motifs is 1. The summed E-state index contributed by atoms with van der Waals surface area (Å²) in [6, 6.07) is 27.9. The third-order valence-corrected chi connectivity index (χ3v) is 6.79. The van der Waals surface area contributed by atoms with Gasteiger partial charge in [-0.15, -0.1) is 0 Å². The molecule has 0 unspecified atom stereocenters. The first kappa shape index (κ1) is 25.2. The van der Waals surface area contributed by atoms with Crippen molar-refractivity contribution in [3.8, 4) is 22.8 Å². The second-order valence-electron chi connectivity index (χ2n) is 9.90. The molecule has 4 nitrogen and oxygen atoms in total. The van der Waals surface area contributed by atoms with Crippen LogP contribution in [0.25, 0.3) is 22.2 Å². The van der Waals surface area contributed by atoms with Crippen LogP contribution in [0, 0.1) is 34.6 Å². The van der Waals surface area contributed by atoms with Crippen molar-refractivity contribution >= 4 is 16.9 Å². The van der Waals surface area contributed by atoms with E-state index in [-0.39, 0.29) is 5.97 Å². The molecule has 0 radical (unpaired) electrons. The van der Waals surface area contributed by atoms with Gasteiger partial charge in [0.2, 0.25) is 0 Å². The molecule has 0 spiro atoms. The molecule has 5 aromatic rings. The number of aryl methyl sites for hydroxylation is 4. The number of benzene rings is 4. The van der Waals surface area contributed by atoms with E-state index < -0.39 is 0 Å². The number of hydrogen-bond acceptors (Lipinski definition) is 4. The molecule has 1 heterocycles. The van der Waals surface area contributed by atoms with Crippen LogP contribution >= 0.6 is 0 Å². The molecular weight excluding hydrogens is 470 g/mol. The van der Waals surface area contributed by atoms with Gasteiger partial charge in [-0.1, -0.05) is 54.1 Å². The highest BCUT2D eigenvalue weighted by Crippen LogP contribution is 2.34. The Labute approximate surface area is 223 Å². The summed E-state index contributed by atoms with van der Waals surface area (Å²) in [5.74, 6) is 0.972. The molecule has 0 fully saturated rings. The summed E-state index contributed by atoms with van der Waals surface area (Å²) in [4.78, 5) is 18.8. The highest BCUT2D eigenvalue weighted by molar-refractivity contribution is 6.08. The monoisotopic (exact) mass is 501 g/mol. The van der Waals surface area contributed by atoms with Crippen molar-refractivity contribution in [2.75, 3.05) is 0 Å². The van der Waals surface area contributed by atoms with E-state index in [2.05, 4.69) is 6.07 Å². The number of nitrogens with zero attached hydrogens (tertiary/aromatic N) is 1. The lowest BCUT2D eigenvalue weighted by atomic mass is 9.95. The Bertz CT molecular complexity index is 1640. The minimum Gasteiger partial charge on any atom is -0.489 e. The van der Waals surface area contributed by atoms with Crippen LogP contribution in [0.1, 0.15) is 43.7 Å². The first-order valence-corrected chi connectivity index (χ1v) is 12.8. The average Bonchev–Trinajstić information content (AvgIpc) is 2.90. The molecule has 5 rings (SSSR count). The van der Waals surface area contributed by atoms with Gasteiger partial charge in [-0.2, -0.15) is 0 Å². The van der Waals surface area contributed by atoms with Crippen LogP contribution in [0.15, 0.2) is 84.9 Å². The number of hydrogen-bond donors (Lipinski definition) is 0. The Kier molecular flexibility index (Phi) is 6.97. The van der Waals surface area contributed by atoms with Crippen molar-refractivity contribution in [3.63, 3.8) is 0 Å². The molecule has 38 heavy (non-hydrogen) atoms. The molecular formula is C34H31NO3. The molecule has 0 aliphatic carbocycles. The number of pyridine rings is 1. The van der Waals surface area contributed by atoms with Crippen molar-refractivity contribution in [2.24, 2.45) is 0 Å². The van der Waals surface area contributed by atoms with E-state index in [1.54, 1.807) is 0 Å². The zero-order valence-corrected chi connectivity index (χ0v) is 22.5. The Hall–Kier alpha value is -4.44.